The van der Waals surface area contributed by atoms with Gasteiger partial charge in [0.05, 0.1) is 30.1 Å². The Hall–Kier alpha value is -4.31. The number of H-pyrrole nitrogens is 1. The van der Waals surface area contributed by atoms with Crippen LogP contribution in [0.4, 0.5) is 26.7 Å². The number of carboxylic acid groups (broad SMARTS) is 1. The minimum atomic E-state index is -3.07. The van der Waals surface area contributed by atoms with E-state index in [1.807, 2.05) is 0 Å². The van der Waals surface area contributed by atoms with Gasteiger partial charge in [-0.3, -0.25) is 9.59 Å². The van der Waals surface area contributed by atoms with Crippen molar-refractivity contribution < 1.29 is 46.1 Å². The summed E-state index contributed by atoms with van der Waals surface area (Å²) in [5, 5.41) is 19.4. The number of fused-ring (bicyclic) bond motifs is 1. The van der Waals surface area contributed by atoms with Gasteiger partial charge in [-0.2, -0.15) is 0 Å². The van der Waals surface area contributed by atoms with Crippen LogP contribution in [0.25, 0.3) is 11.0 Å². The molecule has 3 aromatic rings. The Kier molecular flexibility index (Phi) is 7.47. The standard InChI is InChI=1S/C28H30F5N7O5/c1-14-19(38-45-37-14)23(41)36-20(15-4-6-27(30,31)7-5-15)22-34-17-3-2-16(18(29)21(17)35-22)26(8-10-39(11-9-26)25(43)44)24(42)40-12-28(32,33)13-40/h2-3,15,20H,4-13H2,1H3,(H,34,35)(H,36,41)(H,43,44). The lowest BCUT2D eigenvalue weighted by Crippen LogP contribution is -2.64. The maximum atomic E-state index is 16.5. The first-order valence-electron chi connectivity index (χ1n) is 14.5. The van der Waals surface area contributed by atoms with Crippen molar-refractivity contribution in [3.63, 3.8) is 0 Å². The second-order valence-corrected chi connectivity index (χ2v) is 12.2. The van der Waals surface area contributed by atoms with Gasteiger partial charge in [0, 0.05) is 31.5 Å². The van der Waals surface area contributed by atoms with Crippen molar-refractivity contribution >= 4 is 28.9 Å². The van der Waals surface area contributed by atoms with Crippen LogP contribution < -0.4 is 5.32 Å². The summed E-state index contributed by atoms with van der Waals surface area (Å²) in [7, 11) is 0. The van der Waals surface area contributed by atoms with E-state index in [0.717, 1.165) is 9.80 Å². The normalized spacial score (nSPS) is 21.7. The molecule has 3 aliphatic rings. The number of alkyl halides is 4. The number of imidazole rings is 1. The number of amides is 3. The number of likely N-dealkylation sites (tertiary alicyclic amines) is 2. The Balaban J connectivity index is 1.37. The number of nitrogens with zero attached hydrogens (tertiary/aromatic N) is 5. The number of aromatic amines is 1. The van der Waals surface area contributed by atoms with Gasteiger partial charge in [-0.05, 0) is 49.7 Å². The molecule has 3 amide bonds. The Morgan fingerprint density at radius 2 is 1.69 bits per heavy atom. The van der Waals surface area contributed by atoms with Gasteiger partial charge in [0.2, 0.25) is 11.8 Å². The summed E-state index contributed by atoms with van der Waals surface area (Å²) in [6.45, 7) is -0.389. The number of piperidine rings is 1. The number of hydrogen-bond donors (Lipinski definition) is 3. The van der Waals surface area contributed by atoms with Gasteiger partial charge in [-0.15, -0.1) is 0 Å². The molecule has 4 heterocycles. The summed E-state index contributed by atoms with van der Waals surface area (Å²) >= 11 is 0. The molecule has 3 fully saturated rings. The number of aromatic nitrogens is 4. The maximum absolute atomic E-state index is 16.5. The smallest absolute Gasteiger partial charge is 0.407 e. The summed E-state index contributed by atoms with van der Waals surface area (Å²) in [4.78, 5) is 47.8. The van der Waals surface area contributed by atoms with Crippen molar-refractivity contribution in [2.75, 3.05) is 26.2 Å². The first kappa shape index (κ1) is 30.7. The summed E-state index contributed by atoms with van der Waals surface area (Å²) in [6.07, 6.45) is -2.25. The number of halogens is 5. The monoisotopic (exact) mass is 639 g/mol. The van der Waals surface area contributed by atoms with E-state index in [-0.39, 0.29) is 72.6 Å². The van der Waals surface area contributed by atoms with Crippen molar-refractivity contribution in [3.05, 3.63) is 40.7 Å². The summed E-state index contributed by atoms with van der Waals surface area (Å²) in [6, 6.07) is 1.86. The van der Waals surface area contributed by atoms with E-state index in [4.69, 9.17) is 0 Å². The molecule has 17 heteroatoms. The predicted molar refractivity (Wildman–Crippen MR) is 144 cm³/mol. The van der Waals surface area contributed by atoms with Gasteiger partial charge in [0.1, 0.15) is 17.0 Å². The van der Waals surface area contributed by atoms with Crippen molar-refractivity contribution in [2.45, 2.75) is 68.8 Å². The zero-order valence-corrected chi connectivity index (χ0v) is 24.1. The first-order valence-corrected chi connectivity index (χ1v) is 14.5. The number of carbonyl (C=O) groups excluding carboxylic acids is 2. The van der Waals surface area contributed by atoms with Crippen LogP contribution in [0.15, 0.2) is 16.8 Å². The molecule has 2 saturated heterocycles. The highest BCUT2D eigenvalue weighted by atomic mass is 19.3. The van der Waals surface area contributed by atoms with Gasteiger partial charge in [0.25, 0.3) is 11.8 Å². The molecule has 1 saturated carbocycles. The highest BCUT2D eigenvalue weighted by molar-refractivity contribution is 5.93. The molecule has 45 heavy (non-hydrogen) atoms. The molecule has 1 aromatic carbocycles. The minimum absolute atomic E-state index is 0.0386. The van der Waals surface area contributed by atoms with Crippen molar-refractivity contribution in [1.82, 2.24) is 35.4 Å². The number of benzene rings is 1. The lowest BCUT2D eigenvalue weighted by molar-refractivity contribution is -0.173. The van der Waals surface area contributed by atoms with E-state index in [9.17, 15) is 37.1 Å². The first-order chi connectivity index (χ1) is 21.2. The average molecular weight is 640 g/mol. The quantitative estimate of drug-likeness (QED) is 0.339. The fourth-order valence-corrected chi connectivity index (χ4v) is 6.67. The minimum Gasteiger partial charge on any atom is -0.465 e. The molecule has 242 valence electrons. The molecule has 1 unspecified atom stereocenters. The molecule has 1 aliphatic carbocycles. The topological polar surface area (TPSA) is 158 Å². The van der Waals surface area contributed by atoms with Crippen LogP contribution in [0, 0.1) is 18.7 Å². The van der Waals surface area contributed by atoms with Gasteiger partial charge in [0.15, 0.2) is 11.5 Å². The van der Waals surface area contributed by atoms with Gasteiger partial charge >= 0.3 is 6.09 Å². The molecule has 0 bridgehead atoms. The van der Waals surface area contributed by atoms with E-state index in [1.165, 1.54) is 19.1 Å². The maximum Gasteiger partial charge on any atom is 0.407 e. The molecule has 2 aromatic heterocycles. The van der Waals surface area contributed by atoms with Crippen LogP contribution in [-0.2, 0) is 10.2 Å². The Labute approximate surface area is 252 Å². The number of aryl methyl sites for hydroxylation is 1. The van der Waals surface area contributed by atoms with E-state index in [1.54, 1.807) is 0 Å². The second kappa shape index (κ2) is 10.9. The molecular weight excluding hydrogens is 609 g/mol. The highest BCUT2D eigenvalue weighted by Crippen LogP contribution is 2.44. The molecular formula is C28H30F5N7O5. The third-order valence-electron chi connectivity index (χ3n) is 9.24. The number of carbonyl (C=O) groups is 3. The molecule has 0 radical (unpaired) electrons. The van der Waals surface area contributed by atoms with Gasteiger partial charge in [-0.1, -0.05) is 11.2 Å². The number of hydrogen-bond acceptors (Lipinski definition) is 7. The zero-order valence-electron chi connectivity index (χ0n) is 24.1. The van der Waals surface area contributed by atoms with E-state index >= 15 is 4.39 Å². The van der Waals surface area contributed by atoms with Crippen molar-refractivity contribution in [2.24, 2.45) is 5.92 Å². The lowest BCUT2D eigenvalue weighted by Gasteiger charge is -2.47. The lowest BCUT2D eigenvalue weighted by atomic mass is 9.70. The Bertz CT molecular complexity index is 1630. The molecule has 0 spiro atoms. The molecule has 12 nitrogen and oxygen atoms in total. The van der Waals surface area contributed by atoms with E-state index in [0.29, 0.717) is 0 Å². The van der Waals surface area contributed by atoms with Crippen molar-refractivity contribution in [3.8, 4) is 0 Å². The third kappa shape index (κ3) is 5.56. The summed E-state index contributed by atoms with van der Waals surface area (Å²) in [5.74, 6) is -8.67. The van der Waals surface area contributed by atoms with Crippen LogP contribution in [0.3, 0.4) is 0 Å². The van der Waals surface area contributed by atoms with Crippen LogP contribution in [-0.4, -0.2) is 91.1 Å². The average Bonchev–Trinajstić information content (AvgIpc) is 3.61. The fourth-order valence-electron chi connectivity index (χ4n) is 6.67. The Morgan fingerprint density at radius 1 is 1.02 bits per heavy atom. The second-order valence-electron chi connectivity index (χ2n) is 12.2. The number of rotatable bonds is 6. The van der Waals surface area contributed by atoms with Crippen LogP contribution in [0.5, 0.6) is 0 Å². The molecule has 1 atom stereocenters. The van der Waals surface area contributed by atoms with E-state index < -0.39 is 78.9 Å². The van der Waals surface area contributed by atoms with Crippen LogP contribution in [0.2, 0.25) is 0 Å². The number of nitrogens with one attached hydrogen (secondary N) is 2. The van der Waals surface area contributed by atoms with Crippen molar-refractivity contribution in [1.29, 1.82) is 0 Å². The summed E-state index contributed by atoms with van der Waals surface area (Å²) in [5.41, 5.74) is -1.67. The Morgan fingerprint density at radius 3 is 2.27 bits per heavy atom. The zero-order chi connectivity index (χ0) is 32.3. The summed E-state index contributed by atoms with van der Waals surface area (Å²) < 4.78 is 76.6. The fraction of sp³-hybridized carbons (Fsp3) is 0.571. The highest BCUT2D eigenvalue weighted by Gasteiger charge is 2.54. The van der Waals surface area contributed by atoms with Gasteiger partial charge in [-0.25, -0.2) is 36.4 Å². The molecule has 2 aliphatic heterocycles. The van der Waals surface area contributed by atoms with Crippen LogP contribution >= 0.6 is 0 Å². The van der Waals surface area contributed by atoms with Crippen LogP contribution in [0.1, 0.15) is 72.1 Å². The molecule has 3 N–H and O–H groups in total. The van der Waals surface area contributed by atoms with Gasteiger partial charge < -0.3 is 25.2 Å². The van der Waals surface area contributed by atoms with E-state index in [2.05, 4.69) is 30.2 Å². The molecule has 6 rings (SSSR count). The third-order valence-corrected chi connectivity index (χ3v) is 9.24. The SMILES string of the molecule is Cc1nonc1C(=O)NC(c1nc2c(F)c(C3(C(=O)N4CC(F)(F)C4)CCN(C(=O)O)CC3)ccc2[nH]1)C1CCC(F)(F)CC1. The largest absolute Gasteiger partial charge is 0.465 e. The predicted octanol–water partition coefficient (Wildman–Crippen LogP) is 4.18.